The fourth-order valence-electron chi connectivity index (χ4n) is 2.65. The van der Waals surface area contributed by atoms with Crippen LogP contribution in [-0.2, 0) is 11.3 Å². The molecule has 0 radical (unpaired) electrons. The van der Waals surface area contributed by atoms with Gasteiger partial charge >= 0.3 is 0 Å². The minimum absolute atomic E-state index is 0.0178. The van der Waals surface area contributed by atoms with Crippen molar-refractivity contribution in [1.29, 1.82) is 0 Å². The van der Waals surface area contributed by atoms with Crippen LogP contribution < -0.4 is 0 Å². The second kappa shape index (κ2) is 5.84. The van der Waals surface area contributed by atoms with Gasteiger partial charge in [0.2, 0.25) is 11.7 Å². The third kappa shape index (κ3) is 3.49. The number of hydrogen-bond donors (Lipinski definition) is 1. The van der Waals surface area contributed by atoms with Gasteiger partial charge in [-0.3, -0.25) is 4.90 Å². The lowest BCUT2D eigenvalue weighted by Gasteiger charge is -2.41. The normalized spacial score (nSPS) is 22.5. The highest BCUT2D eigenvalue weighted by molar-refractivity contribution is 7.08. The molecule has 0 bridgehead atoms. The first-order chi connectivity index (χ1) is 10.1. The summed E-state index contributed by atoms with van der Waals surface area (Å²) < 4.78 is 11.1. The predicted molar refractivity (Wildman–Crippen MR) is 78.9 cm³/mol. The molecule has 0 aromatic carbocycles. The Morgan fingerprint density at radius 1 is 1.52 bits per heavy atom. The number of rotatable bonds is 4. The highest BCUT2D eigenvalue weighted by atomic mass is 32.1. The van der Waals surface area contributed by atoms with Gasteiger partial charge in [-0.25, -0.2) is 0 Å². The number of aliphatic hydroxyl groups is 1. The largest absolute Gasteiger partial charge is 0.394 e. The molecular weight excluding hydrogens is 290 g/mol. The number of nitrogens with zero attached hydrogens (tertiary/aromatic N) is 3. The van der Waals surface area contributed by atoms with Gasteiger partial charge in [0.1, 0.15) is 0 Å². The number of ether oxygens (including phenoxy) is 1. The molecule has 0 amide bonds. The van der Waals surface area contributed by atoms with Gasteiger partial charge in [0.15, 0.2) is 0 Å². The maximum Gasteiger partial charge on any atom is 0.241 e. The van der Waals surface area contributed by atoms with Crippen molar-refractivity contribution >= 4 is 11.3 Å². The lowest BCUT2D eigenvalue weighted by Crippen LogP contribution is -2.53. The van der Waals surface area contributed by atoms with Crippen LogP contribution >= 0.6 is 11.3 Å². The molecule has 114 valence electrons. The minimum atomic E-state index is -0.290. The van der Waals surface area contributed by atoms with Crippen molar-refractivity contribution in [2.75, 3.05) is 19.7 Å². The molecule has 1 aliphatic rings. The zero-order chi connectivity index (χ0) is 14.9. The Bertz CT molecular complexity index is 582. The third-order valence-electron chi connectivity index (χ3n) is 3.36. The summed E-state index contributed by atoms with van der Waals surface area (Å²) in [5, 5.41) is 17.3. The molecule has 1 atom stereocenters. The molecule has 1 fully saturated rings. The molecule has 1 unspecified atom stereocenters. The standard InChI is InChI=1S/C14H19N3O3S/c1-14(2)9-17(5-11(7-18)19-14)6-12-15-13(16-20-12)10-3-4-21-8-10/h3-4,8,11,18H,5-7,9H2,1-2H3. The number of aromatic nitrogens is 2. The molecular formula is C14H19N3O3S. The van der Waals surface area contributed by atoms with E-state index in [1.165, 1.54) is 0 Å². The summed E-state index contributed by atoms with van der Waals surface area (Å²) in [6.45, 7) is 6.05. The van der Waals surface area contributed by atoms with Crippen LogP contribution in [0, 0.1) is 0 Å². The topological polar surface area (TPSA) is 71.6 Å². The van der Waals surface area contributed by atoms with E-state index in [1.807, 2.05) is 30.7 Å². The Kier molecular flexibility index (Phi) is 4.08. The van der Waals surface area contributed by atoms with Crippen molar-refractivity contribution in [1.82, 2.24) is 15.0 Å². The van der Waals surface area contributed by atoms with Crippen molar-refractivity contribution in [3.63, 3.8) is 0 Å². The van der Waals surface area contributed by atoms with Crippen molar-refractivity contribution < 1.29 is 14.4 Å². The van der Waals surface area contributed by atoms with E-state index in [4.69, 9.17) is 9.26 Å². The maximum absolute atomic E-state index is 9.33. The van der Waals surface area contributed by atoms with Crippen molar-refractivity contribution in [2.45, 2.75) is 32.1 Å². The van der Waals surface area contributed by atoms with Crippen molar-refractivity contribution in [2.24, 2.45) is 0 Å². The Balaban J connectivity index is 1.68. The van der Waals surface area contributed by atoms with Crippen LogP contribution in [0.3, 0.4) is 0 Å². The molecule has 1 N–H and O–H groups in total. The molecule has 3 rings (SSSR count). The van der Waals surface area contributed by atoms with E-state index in [-0.39, 0.29) is 18.3 Å². The second-order valence-electron chi connectivity index (χ2n) is 5.88. The summed E-state index contributed by atoms with van der Waals surface area (Å²) in [4.78, 5) is 6.61. The number of aliphatic hydroxyl groups excluding tert-OH is 1. The van der Waals surface area contributed by atoms with Crippen molar-refractivity contribution in [3.8, 4) is 11.4 Å². The van der Waals surface area contributed by atoms with E-state index < -0.39 is 0 Å². The monoisotopic (exact) mass is 309 g/mol. The van der Waals surface area contributed by atoms with Crippen LogP contribution in [0.25, 0.3) is 11.4 Å². The molecule has 1 aliphatic heterocycles. The quantitative estimate of drug-likeness (QED) is 0.928. The Hall–Kier alpha value is -1.28. The first-order valence-electron chi connectivity index (χ1n) is 6.92. The molecule has 2 aromatic heterocycles. The van der Waals surface area contributed by atoms with Gasteiger partial charge in [-0.05, 0) is 25.3 Å². The molecule has 7 heteroatoms. The zero-order valence-electron chi connectivity index (χ0n) is 12.2. The van der Waals surface area contributed by atoms with Crippen molar-refractivity contribution in [3.05, 3.63) is 22.7 Å². The van der Waals surface area contributed by atoms with Crippen LogP contribution in [0.15, 0.2) is 21.3 Å². The number of thiophene rings is 1. The Labute approximate surface area is 127 Å². The molecule has 2 aromatic rings. The molecule has 3 heterocycles. The summed E-state index contributed by atoms with van der Waals surface area (Å²) in [7, 11) is 0. The minimum Gasteiger partial charge on any atom is -0.394 e. The lowest BCUT2D eigenvalue weighted by atomic mass is 10.1. The van der Waals surface area contributed by atoms with Crippen LogP contribution in [0.1, 0.15) is 19.7 Å². The molecule has 0 spiro atoms. The van der Waals surface area contributed by atoms with E-state index in [0.717, 1.165) is 12.1 Å². The van der Waals surface area contributed by atoms with Gasteiger partial charge in [0.25, 0.3) is 0 Å². The first-order valence-corrected chi connectivity index (χ1v) is 7.86. The summed E-state index contributed by atoms with van der Waals surface area (Å²) in [5.41, 5.74) is 0.688. The Morgan fingerprint density at radius 2 is 2.38 bits per heavy atom. The van der Waals surface area contributed by atoms with Crippen LogP contribution in [0.5, 0.6) is 0 Å². The molecule has 0 aliphatic carbocycles. The molecule has 0 saturated carbocycles. The summed E-state index contributed by atoms with van der Waals surface area (Å²) in [6, 6.07) is 1.97. The average molecular weight is 309 g/mol. The molecule has 21 heavy (non-hydrogen) atoms. The maximum atomic E-state index is 9.33. The number of morpholine rings is 1. The fraction of sp³-hybridized carbons (Fsp3) is 0.571. The second-order valence-corrected chi connectivity index (χ2v) is 6.66. The highest BCUT2D eigenvalue weighted by Gasteiger charge is 2.33. The van der Waals surface area contributed by atoms with Gasteiger partial charge in [0.05, 0.1) is 24.9 Å². The van der Waals surface area contributed by atoms with Gasteiger partial charge in [0, 0.05) is 24.0 Å². The SMILES string of the molecule is CC1(C)CN(Cc2nc(-c3ccsc3)no2)CC(CO)O1. The fourth-order valence-corrected chi connectivity index (χ4v) is 3.29. The molecule has 1 saturated heterocycles. The molecule has 6 nitrogen and oxygen atoms in total. The van der Waals surface area contributed by atoms with Crippen LogP contribution in [0.2, 0.25) is 0 Å². The van der Waals surface area contributed by atoms with E-state index >= 15 is 0 Å². The van der Waals surface area contributed by atoms with E-state index in [2.05, 4.69) is 15.0 Å². The zero-order valence-corrected chi connectivity index (χ0v) is 13.0. The summed E-state index contributed by atoms with van der Waals surface area (Å²) in [5.74, 6) is 1.21. The van der Waals surface area contributed by atoms with Crippen LogP contribution in [-0.4, -0.2) is 51.5 Å². The van der Waals surface area contributed by atoms with E-state index in [0.29, 0.717) is 24.8 Å². The third-order valence-corrected chi connectivity index (χ3v) is 4.05. The summed E-state index contributed by atoms with van der Waals surface area (Å²) >= 11 is 1.61. The van der Waals surface area contributed by atoms with Gasteiger partial charge in [-0.1, -0.05) is 5.16 Å². The predicted octanol–water partition coefficient (Wildman–Crippen LogP) is 1.77. The van der Waals surface area contributed by atoms with E-state index in [1.54, 1.807) is 11.3 Å². The first kappa shape index (κ1) is 14.6. The summed E-state index contributed by atoms with van der Waals surface area (Å²) in [6.07, 6.45) is -0.173. The van der Waals surface area contributed by atoms with Gasteiger partial charge in [-0.15, -0.1) is 0 Å². The number of hydrogen-bond acceptors (Lipinski definition) is 7. The lowest BCUT2D eigenvalue weighted by molar-refractivity contribution is -0.151. The average Bonchev–Trinajstić information content (AvgIpc) is 3.06. The van der Waals surface area contributed by atoms with Crippen LogP contribution in [0.4, 0.5) is 0 Å². The highest BCUT2D eigenvalue weighted by Crippen LogP contribution is 2.23. The van der Waals surface area contributed by atoms with E-state index in [9.17, 15) is 5.11 Å². The van der Waals surface area contributed by atoms with Gasteiger partial charge in [-0.2, -0.15) is 16.3 Å². The smallest absolute Gasteiger partial charge is 0.241 e. The Morgan fingerprint density at radius 3 is 3.10 bits per heavy atom. The van der Waals surface area contributed by atoms with Gasteiger partial charge < -0.3 is 14.4 Å².